The molecule has 1 aliphatic rings. The van der Waals surface area contributed by atoms with E-state index in [-0.39, 0.29) is 24.3 Å². The van der Waals surface area contributed by atoms with Crippen molar-refractivity contribution in [1.82, 2.24) is 10.6 Å². The number of rotatable bonds is 6. The first kappa shape index (κ1) is 16.0. The zero-order chi connectivity index (χ0) is 15.1. The minimum atomic E-state index is 0.117. The predicted octanol–water partition coefficient (Wildman–Crippen LogP) is 1.66. The molecule has 3 atom stereocenters. The van der Waals surface area contributed by atoms with Gasteiger partial charge in [-0.15, -0.1) is 0 Å². The van der Waals surface area contributed by atoms with Crippen molar-refractivity contribution in [2.75, 3.05) is 19.7 Å². The van der Waals surface area contributed by atoms with Crippen LogP contribution in [0.1, 0.15) is 37.7 Å². The largest absolute Gasteiger partial charge is 0.396 e. The van der Waals surface area contributed by atoms with Crippen LogP contribution in [-0.4, -0.2) is 36.8 Å². The van der Waals surface area contributed by atoms with Gasteiger partial charge in [0.1, 0.15) is 0 Å². The molecule has 0 bridgehead atoms. The molecular formula is C17H26N2O2. The Hall–Kier alpha value is -1.39. The highest BCUT2D eigenvalue weighted by atomic mass is 16.3. The summed E-state index contributed by atoms with van der Waals surface area (Å²) in [6, 6.07) is 10.5. The van der Waals surface area contributed by atoms with Crippen molar-refractivity contribution in [3.05, 3.63) is 35.9 Å². The lowest BCUT2D eigenvalue weighted by molar-refractivity contribution is -0.126. The highest BCUT2D eigenvalue weighted by molar-refractivity contribution is 5.78. The molecule has 4 nitrogen and oxygen atoms in total. The molecule has 1 amide bonds. The maximum absolute atomic E-state index is 12.3. The number of carbonyl (C=O) groups is 1. The number of hydrogen-bond acceptors (Lipinski definition) is 3. The van der Waals surface area contributed by atoms with Gasteiger partial charge in [-0.05, 0) is 38.3 Å². The van der Waals surface area contributed by atoms with Gasteiger partial charge >= 0.3 is 0 Å². The second-order valence-electron chi connectivity index (χ2n) is 5.94. The van der Waals surface area contributed by atoms with Crippen molar-refractivity contribution in [1.29, 1.82) is 0 Å². The Morgan fingerprint density at radius 3 is 2.86 bits per heavy atom. The fourth-order valence-corrected chi connectivity index (χ4v) is 3.01. The van der Waals surface area contributed by atoms with Crippen molar-refractivity contribution in [3.63, 3.8) is 0 Å². The van der Waals surface area contributed by atoms with Gasteiger partial charge in [-0.25, -0.2) is 0 Å². The number of piperidine rings is 1. The Kier molecular flexibility index (Phi) is 6.21. The van der Waals surface area contributed by atoms with E-state index in [0.717, 1.165) is 19.4 Å². The minimum Gasteiger partial charge on any atom is -0.396 e. The lowest BCUT2D eigenvalue weighted by Crippen LogP contribution is -2.43. The lowest BCUT2D eigenvalue weighted by atomic mass is 9.91. The molecular weight excluding hydrogens is 264 g/mol. The Labute approximate surface area is 126 Å². The summed E-state index contributed by atoms with van der Waals surface area (Å²) < 4.78 is 0. The molecule has 1 fully saturated rings. The second kappa shape index (κ2) is 8.15. The maximum Gasteiger partial charge on any atom is 0.223 e. The van der Waals surface area contributed by atoms with Gasteiger partial charge in [0.25, 0.3) is 0 Å². The van der Waals surface area contributed by atoms with Crippen molar-refractivity contribution in [2.45, 2.75) is 38.1 Å². The van der Waals surface area contributed by atoms with E-state index in [4.69, 9.17) is 0 Å². The first-order chi connectivity index (χ1) is 10.2. The molecule has 0 radical (unpaired) electrons. The van der Waals surface area contributed by atoms with Crippen molar-refractivity contribution in [2.24, 2.45) is 5.92 Å². The van der Waals surface area contributed by atoms with Crippen LogP contribution < -0.4 is 10.6 Å². The quantitative estimate of drug-likeness (QED) is 0.746. The van der Waals surface area contributed by atoms with E-state index in [1.54, 1.807) is 0 Å². The predicted molar refractivity (Wildman–Crippen MR) is 84.1 cm³/mol. The second-order valence-corrected chi connectivity index (χ2v) is 5.94. The topological polar surface area (TPSA) is 61.4 Å². The fourth-order valence-electron chi connectivity index (χ4n) is 3.01. The number of aliphatic hydroxyl groups excluding tert-OH is 1. The molecule has 0 saturated carbocycles. The van der Waals surface area contributed by atoms with E-state index in [1.807, 2.05) is 18.2 Å². The van der Waals surface area contributed by atoms with Crippen LogP contribution in [-0.2, 0) is 4.79 Å². The Bertz CT molecular complexity index is 436. The monoisotopic (exact) mass is 290 g/mol. The molecule has 0 aromatic heterocycles. The van der Waals surface area contributed by atoms with Gasteiger partial charge in [0.15, 0.2) is 0 Å². The van der Waals surface area contributed by atoms with E-state index < -0.39 is 0 Å². The summed E-state index contributed by atoms with van der Waals surface area (Å²) in [7, 11) is 0. The zero-order valence-corrected chi connectivity index (χ0v) is 12.7. The van der Waals surface area contributed by atoms with Crippen LogP contribution in [0.25, 0.3) is 0 Å². The molecule has 21 heavy (non-hydrogen) atoms. The zero-order valence-electron chi connectivity index (χ0n) is 12.7. The molecule has 1 unspecified atom stereocenters. The van der Waals surface area contributed by atoms with Crippen LogP contribution >= 0.6 is 0 Å². The fraction of sp³-hybridized carbons (Fsp3) is 0.588. The van der Waals surface area contributed by atoms with Gasteiger partial charge in [0, 0.05) is 31.0 Å². The summed E-state index contributed by atoms with van der Waals surface area (Å²) >= 11 is 0. The number of amides is 1. The SMILES string of the molecule is C[C@H]1C[C@@H](C(=O)NCC(CCO)c2ccccc2)CCN1. The van der Waals surface area contributed by atoms with E-state index in [0.29, 0.717) is 19.0 Å². The standard InChI is InChI=1S/C17H26N2O2/c1-13-11-15(7-9-18-13)17(21)19-12-16(8-10-20)14-5-3-2-4-6-14/h2-6,13,15-16,18,20H,7-12H2,1H3,(H,19,21)/t13-,15-,16?/m0/s1. The van der Waals surface area contributed by atoms with Crippen LogP contribution in [0, 0.1) is 5.92 Å². The molecule has 4 heteroatoms. The third-order valence-corrected chi connectivity index (χ3v) is 4.27. The first-order valence-electron chi connectivity index (χ1n) is 7.87. The first-order valence-corrected chi connectivity index (χ1v) is 7.87. The van der Waals surface area contributed by atoms with E-state index in [1.165, 1.54) is 5.56 Å². The Morgan fingerprint density at radius 1 is 1.43 bits per heavy atom. The van der Waals surface area contributed by atoms with Gasteiger partial charge in [-0.3, -0.25) is 4.79 Å². The van der Waals surface area contributed by atoms with Crippen molar-refractivity contribution < 1.29 is 9.90 Å². The number of nitrogens with one attached hydrogen (secondary N) is 2. The van der Waals surface area contributed by atoms with Crippen LogP contribution in [0.3, 0.4) is 0 Å². The molecule has 116 valence electrons. The molecule has 0 aliphatic carbocycles. The average molecular weight is 290 g/mol. The molecule has 2 rings (SSSR count). The summed E-state index contributed by atoms with van der Waals surface area (Å²) in [5.41, 5.74) is 1.17. The van der Waals surface area contributed by atoms with Gasteiger partial charge < -0.3 is 15.7 Å². The molecule has 1 aromatic rings. The van der Waals surface area contributed by atoms with E-state index in [2.05, 4.69) is 29.7 Å². The smallest absolute Gasteiger partial charge is 0.223 e. The van der Waals surface area contributed by atoms with Gasteiger partial charge in [0.2, 0.25) is 5.91 Å². The normalized spacial score (nSPS) is 23.5. The highest BCUT2D eigenvalue weighted by Gasteiger charge is 2.25. The number of hydrogen-bond donors (Lipinski definition) is 3. The molecule has 1 saturated heterocycles. The summed E-state index contributed by atoms with van der Waals surface area (Å²) in [4.78, 5) is 12.3. The summed E-state index contributed by atoms with van der Waals surface area (Å²) in [6.45, 7) is 3.78. The number of benzene rings is 1. The highest BCUT2D eigenvalue weighted by Crippen LogP contribution is 2.20. The van der Waals surface area contributed by atoms with Crippen LogP contribution in [0.5, 0.6) is 0 Å². The number of aliphatic hydroxyl groups is 1. The summed E-state index contributed by atoms with van der Waals surface area (Å²) in [6.07, 6.45) is 2.49. The Balaban J connectivity index is 1.88. The van der Waals surface area contributed by atoms with Crippen LogP contribution in [0.4, 0.5) is 0 Å². The van der Waals surface area contributed by atoms with Gasteiger partial charge in [-0.2, -0.15) is 0 Å². The Morgan fingerprint density at radius 2 is 2.19 bits per heavy atom. The molecule has 1 aromatic carbocycles. The number of carbonyl (C=O) groups excluding carboxylic acids is 1. The van der Waals surface area contributed by atoms with Gasteiger partial charge in [0.05, 0.1) is 0 Å². The molecule has 0 spiro atoms. The molecule has 3 N–H and O–H groups in total. The summed E-state index contributed by atoms with van der Waals surface area (Å²) in [5.74, 6) is 0.452. The lowest BCUT2D eigenvalue weighted by Gasteiger charge is -2.28. The molecule has 1 heterocycles. The molecule has 1 aliphatic heterocycles. The van der Waals surface area contributed by atoms with Gasteiger partial charge in [-0.1, -0.05) is 30.3 Å². The van der Waals surface area contributed by atoms with Crippen LogP contribution in [0.15, 0.2) is 30.3 Å². The third-order valence-electron chi connectivity index (χ3n) is 4.27. The average Bonchev–Trinajstić information content (AvgIpc) is 2.52. The summed E-state index contributed by atoms with van der Waals surface area (Å²) in [5, 5.41) is 15.7. The van der Waals surface area contributed by atoms with E-state index >= 15 is 0 Å². The van der Waals surface area contributed by atoms with Crippen molar-refractivity contribution in [3.8, 4) is 0 Å². The minimum absolute atomic E-state index is 0.117. The van der Waals surface area contributed by atoms with E-state index in [9.17, 15) is 9.90 Å². The third kappa shape index (κ3) is 4.83. The van der Waals surface area contributed by atoms with Crippen molar-refractivity contribution >= 4 is 5.91 Å². The van der Waals surface area contributed by atoms with Crippen LogP contribution in [0.2, 0.25) is 0 Å². The maximum atomic E-state index is 12.3.